The summed E-state index contributed by atoms with van der Waals surface area (Å²) in [5, 5.41) is 4.33. The molecule has 4 nitrogen and oxygen atoms in total. The van der Waals surface area contributed by atoms with Gasteiger partial charge in [0.1, 0.15) is 0 Å². The molecule has 1 unspecified atom stereocenters. The number of amides is 1. The van der Waals surface area contributed by atoms with E-state index in [1.165, 1.54) is 6.42 Å². The minimum Gasteiger partial charge on any atom is -0.362 e. The van der Waals surface area contributed by atoms with Crippen molar-refractivity contribution in [3.8, 4) is 0 Å². The summed E-state index contributed by atoms with van der Waals surface area (Å²) in [7, 11) is 0. The first-order valence-electron chi connectivity index (χ1n) is 6.38. The van der Waals surface area contributed by atoms with Crippen molar-refractivity contribution in [2.75, 3.05) is 25.4 Å². The van der Waals surface area contributed by atoms with E-state index >= 15 is 0 Å². The first-order valence-corrected chi connectivity index (χ1v) is 7.37. The van der Waals surface area contributed by atoms with Crippen molar-refractivity contribution in [3.05, 3.63) is 0 Å². The highest BCUT2D eigenvalue weighted by Crippen LogP contribution is 2.13. The van der Waals surface area contributed by atoms with Crippen LogP contribution < -0.4 is 5.32 Å². The average Bonchev–Trinajstić information content (AvgIpc) is 2.30. The molecule has 98 valence electrons. The van der Waals surface area contributed by atoms with Gasteiger partial charge in [-0.1, -0.05) is 11.8 Å². The van der Waals surface area contributed by atoms with Crippen LogP contribution in [0.1, 0.15) is 33.6 Å². The van der Waals surface area contributed by atoms with E-state index in [9.17, 15) is 4.79 Å². The number of nitrogens with one attached hydrogen (secondary N) is 1. The number of nitrogens with zero attached hydrogens (tertiary/aromatic N) is 2. The quantitative estimate of drug-likeness (QED) is 0.815. The highest BCUT2D eigenvalue weighted by atomic mass is 32.2. The molecule has 0 aromatic carbocycles. The van der Waals surface area contributed by atoms with Crippen LogP contribution in [0.5, 0.6) is 0 Å². The molecule has 0 spiro atoms. The fourth-order valence-corrected chi connectivity index (χ4v) is 2.87. The summed E-state index contributed by atoms with van der Waals surface area (Å²) < 4.78 is 0. The molecular weight excluding hydrogens is 234 g/mol. The number of aliphatic imine (C=N–C) groups is 1. The van der Waals surface area contributed by atoms with Crippen molar-refractivity contribution in [2.24, 2.45) is 4.99 Å². The largest absolute Gasteiger partial charge is 0.362 e. The van der Waals surface area contributed by atoms with Crippen LogP contribution in [0.4, 0.5) is 0 Å². The molecule has 1 amide bonds. The van der Waals surface area contributed by atoms with Gasteiger partial charge in [-0.3, -0.25) is 9.79 Å². The topological polar surface area (TPSA) is 44.7 Å². The minimum atomic E-state index is 0.202. The molecule has 1 aliphatic heterocycles. The molecule has 1 rings (SSSR count). The maximum absolute atomic E-state index is 11.7. The first-order chi connectivity index (χ1) is 8.17. The second-order valence-corrected chi connectivity index (χ2v) is 5.27. The molecular formula is C12H23N3OS. The second-order valence-electron chi connectivity index (χ2n) is 4.19. The van der Waals surface area contributed by atoms with Gasteiger partial charge in [0.2, 0.25) is 5.91 Å². The van der Waals surface area contributed by atoms with Gasteiger partial charge < -0.3 is 10.2 Å². The molecule has 0 bridgehead atoms. The lowest BCUT2D eigenvalue weighted by Crippen LogP contribution is -2.36. The molecule has 1 N–H and O–H groups in total. The number of carbonyl (C=O) groups excluding carboxylic acids is 1. The van der Waals surface area contributed by atoms with E-state index in [0.29, 0.717) is 19.0 Å². The molecule has 0 aromatic heterocycles. The Labute approximate surface area is 108 Å². The van der Waals surface area contributed by atoms with Crippen molar-refractivity contribution in [3.63, 3.8) is 0 Å². The SMILES string of the molecule is CCN(CC)C(=O)CCN=C1NC(C)CCS1. The van der Waals surface area contributed by atoms with Crippen LogP contribution in [0.25, 0.3) is 0 Å². The van der Waals surface area contributed by atoms with E-state index in [1.807, 2.05) is 18.7 Å². The van der Waals surface area contributed by atoms with Gasteiger partial charge in [0, 0.05) is 31.3 Å². The fraction of sp³-hybridized carbons (Fsp3) is 0.833. The van der Waals surface area contributed by atoms with E-state index in [0.717, 1.165) is 24.0 Å². The van der Waals surface area contributed by atoms with Gasteiger partial charge >= 0.3 is 0 Å². The monoisotopic (exact) mass is 257 g/mol. The van der Waals surface area contributed by atoms with Crippen molar-refractivity contribution in [2.45, 2.75) is 39.7 Å². The van der Waals surface area contributed by atoms with Crippen molar-refractivity contribution in [1.82, 2.24) is 10.2 Å². The third-order valence-corrected chi connectivity index (χ3v) is 3.82. The zero-order valence-corrected chi connectivity index (χ0v) is 11.8. The van der Waals surface area contributed by atoms with Gasteiger partial charge in [0.05, 0.1) is 6.54 Å². The summed E-state index contributed by atoms with van der Waals surface area (Å²) in [6.07, 6.45) is 1.70. The second kappa shape index (κ2) is 7.58. The number of amidine groups is 1. The van der Waals surface area contributed by atoms with E-state index in [-0.39, 0.29) is 5.91 Å². The smallest absolute Gasteiger partial charge is 0.224 e. The summed E-state index contributed by atoms with van der Waals surface area (Å²) in [4.78, 5) is 18.0. The molecule has 0 radical (unpaired) electrons. The summed E-state index contributed by atoms with van der Waals surface area (Å²) >= 11 is 1.75. The van der Waals surface area contributed by atoms with E-state index in [1.54, 1.807) is 11.8 Å². The Morgan fingerprint density at radius 2 is 2.24 bits per heavy atom. The lowest BCUT2D eigenvalue weighted by atomic mass is 10.3. The summed E-state index contributed by atoms with van der Waals surface area (Å²) in [5.74, 6) is 1.32. The number of thioether (sulfide) groups is 1. The average molecular weight is 257 g/mol. The standard InChI is InChI=1S/C12H23N3OS/c1-4-15(5-2)11(16)6-8-13-12-14-10(3)7-9-17-12/h10H,4-9H2,1-3H3,(H,13,14). The van der Waals surface area contributed by atoms with Gasteiger partial charge in [-0.15, -0.1) is 0 Å². The molecule has 1 fully saturated rings. The number of hydrogen-bond acceptors (Lipinski definition) is 3. The Morgan fingerprint density at radius 1 is 1.53 bits per heavy atom. The van der Waals surface area contributed by atoms with Crippen molar-refractivity contribution in [1.29, 1.82) is 0 Å². The van der Waals surface area contributed by atoms with Crippen LogP contribution in [0.3, 0.4) is 0 Å². The zero-order chi connectivity index (χ0) is 12.7. The predicted molar refractivity (Wildman–Crippen MR) is 74.5 cm³/mol. The minimum absolute atomic E-state index is 0.202. The Hall–Kier alpha value is -0.710. The summed E-state index contributed by atoms with van der Waals surface area (Å²) in [6, 6.07) is 0.508. The van der Waals surface area contributed by atoms with E-state index in [4.69, 9.17) is 0 Å². The van der Waals surface area contributed by atoms with Gasteiger partial charge in [-0.2, -0.15) is 0 Å². The van der Waals surface area contributed by atoms with Crippen LogP contribution in [0.2, 0.25) is 0 Å². The molecule has 1 heterocycles. The van der Waals surface area contributed by atoms with Crippen molar-refractivity contribution >= 4 is 22.8 Å². The first kappa shape index (κ1) is 14.4. The summed E-state index contributed by atoms with van der Waals surface area (Å²) in [5.41, 5.74) is 0. The lowest BCUT2D eigenvalue weighted by Gasteiger charge is -2.22. The highest BCUT2D eigenvalue weighted by Gasteiger charge is 2.13. The van der Waals surface area contributed by atoms with Crippen molar-refractivity contribution < 1.29 is 4.79 Å². The third kappa shape index (κ3) is 4.98. The maximum Gasteiger partial charge on any atom is 0.224 e. The zero-order valence-electron chi connectivity index (χ0n) is 11.0. The molecule has 1 atom stereocenters. The molecule has 17 heavy (non-hydrogen) atoms. The fourth-order valence-electron chi connectivity index (χ4n) is 1.74. The molecule has 1 aliphatic rings. The number of rotatable bonds is 5. The molecule has 5 heteroatoms. The van der Waals surface area contributed by atoms with Crippen LogP contribution >= 0.6 is 11.8 Å². The van der Waals surface area contributed by atoms with Crippen LogP contribution in [0.15, 0.2) is 4.99 Å². The molecule has 0 saturated carbocycles. The van der Waals surface area contributed by atoms with Gasteiger partial charge in [0.25, 0.3) is 0 Å². The van der Waals surface area contributed by atoms with Gasteiger partial charge in [0.15, 0.2) is 5.17 Å². The molecule has 0 aromatic rings. The number of hydrogen-bond donors (Lipinski definition) is 1. The molecule has 0 aliphatic carbocycles. The maximum atomic E-state index is 11.7. The normalized spacial score (nSPS) is 22.3. The van der Waals surface area contributed by atoms with E-state index in [2.05, 4.69) is 17.2 Å². The van der Waals surface area contributed by atoms with Gasteiger partial charge in [-0.25, -0.2) is 0 Å². The lowest BCUT2D eigenvalue weighted by molar-refractivity contribution is -0.130. The highest BCUT2D eigenvalue weighted by molar-refractivity contribution is 8.13. The Bertz CT molecular complexity index is 277. The van der Waals surface area contributed by atoms with E-state index < -0.39 is 0 Å². The Kier molecular flexibility index (Phi) is 6.40. The third-order valence-electron chi connectivity index (χ3n) is 2.86. The number of carbonyl (C=O) groups is 1. The Balaban J connectivity index is 2.30. The predicted octanol–water partition coefficient (Wildman–Crippen LogP) is 1.72. The van der Waals surface area contributed by atoms with Crippen LogP contribution in [-0.2, 0) is 4.79 Å². The Morgan fingerprint density at radius 3 is 2.82 bits per heavy atom. The molecule has 1 saturated heterocycles. The summed E-state index contributed by atoms with van der Waals surface area (Å²) in [6.45, 7) is 8.35. The van der Waals surface area contributed by atoms with Gasteiger partial charge in [-0.05, 0) is 27.2 Å². The van der Waals surface area contributed by atoms with Crippen LogP contribution in [0, 0.1) is 0 Å². The van der Waals surface area contributed by atoms with Crippen LogP contribution in [-0.4, -0.2) is 47.4 Å².